The molecule has 2 aromatic rings. The Bertz CT molecular complexity index is 721. The maximum Gasteiger partial charge on any atom is 0.253 e. The summed E-state index contributed by atoms with van der Waals surface area (Å²) in [6, 6.07) is 3.53. The number of carbonyl (C=O) groups is 2. The molecule has 1 unspecified atom stereocenters. The fourth-order valence-corrected chi connectivity index (χ4v) is 2.92. The fourth-order valence-electron chi connectivity index (χ4n) is 1.78. The third kappa shape index (κ3) is 3.69. The quantitative estimate of drug-likeness (QED) is 0.845. The maximum absolute atomic E-state index is 13.3. The molecule has 116 valence electrons. The van der Waals surface area contributed by atoms with E-state index in [1.807, 2.05) is 0 Å². The van der Waals surface area contributed by atoms with Crippen molar-refractivity contribution < 1.29 is 18.4 Å². The van der Waals surface area contributed by atoms with E-state index >= 15 is 0 Å². The van der Waals surface area contributed by atoms with Crippen LogP contribution < -0.4 is 10.6 Å². The van der Waals surface area contributed by atoms with E-state index in [0.717, 1.165) is 15.9 Å². The van der Waals surface area contributed by atoms with Crippen LogP contribution in [0.2, 0.25) is 0 Å². The van der Waals surface area contributed by atoms with Crippen LogP contribution in [0.5, 0.6) is 0 Å². The predicted octanol–water partition coefficient (Wildman–Crippen LogP) is 3.01. The molecule has 0 aliphatic heterocycles. The van der Waals surface area contributed by atoms with Gasteiger partial charge in [-0.2, -0.15) is 0 Å². The van der Waals surface area contributed by atoms with Crippen molar-refractivity contribution in [2.24, 2.45) is 0 Å². The highest BCUT2D eigenvalue weighted by Gasteiger charge is 2.24. The zero-order chi connectivity index (χ0) is 16.3. The monoisotopic (exact) mass is 388 g/mol. The van der Waals surface area contributed by atoms with Crippen LogP contribution in [0.15, 0.2) is 33.4 Å². The SMILES string of the molecule is CNC(=O)C(NC(=O)c1csc(Br)c1)c1ccc(F)c(F)c1. The lowest BCUT2D eigenvalue weighted by molar-refractivity contribution is -0.122. The largest absolute Gasteiger partial charge is 0.357 e. The van der Waals surface area contributed by atoms with Gasteiger partial charge in [-0.3, -0.25) is 9.59 Å². The fraction of sp³-hybridized carbons (Fsp3) is 0.143. The van der Waals surface area contributed by atoms with Crippen LogP contribution in [0.3, 0.4) is 0 Å². The molecule has 0 bridgehead atoms. The van der Waals surface area contributed by atoms with Gasteiger partial charge in [0.2, 0.25) is 5.91 Å². The molecule has 0 saturated heterocycles. The summed E-state index contributed by atoms with van der Waals surface area (Å²) in [7, 11) is 1.39. The van der Waals surface area contributed by atoms with Gasteiger partial charge in [-0.25, -0.2) is 8.78 Å². The predicted molar refractivity (Wildman–Crippen MR) is 82.7 cm³/mol. The molecule has 0 aliphatic rings. The van der Waals surface area contributed by atoms with Crippen molar-refractivity contribution in [3.63, 3.8) is 0 Å². The Hall–Kier alpha value is -1.80. The lowest BCUT2D eigenvalue weighted by Crippen LogP contribution is -2.39. The number of rotatable bonds is 4. The third-order valence-electron chi connectivity index (χ3n) is 2.89. The minimum Gasteiger partial charge on any atom is -0.357 e. The summed E-state index contributed by atoms with van der Waals surface area (Å²) >= 11 is 4.56. The van der Waals surface area contributed by atoms with Gasteiger partial charge >= 0.3 is 0 Å². The Morgan fingerprint density at radius 3 is 2.50 bits per heavy atom. The number of halogens is 3. The summed E-state index contributed by atoms with van der Waals surface area (Å²) in [6.45, 7) is 0. The van der Waals surface area contributed by atoms with Crippen molar-refractivity contribution in [3.8, 4) is 0 Å². The average molecular weight is 389 g/mol. The van der Waals surface area contributed by atoms with Crippen molar-refractivity contribution >= 4 is 39.1 Å². The second kappa shape index (κ2) is 6.97. The van der Waals surface area contributed by atoms with E-state index in [4.69, 9.17) is 0 Å². The molecule has 2 amide bonds. The van der Waals surface area contributed by atoms with Gasteiger partial charge < -0.3 is 10.6 Å². The first kappa shape index (κ1) is 16.6. The van der Waals surface area contributed by atoms with Crippen LogP contribution in [0.1, 0.15) is 22.0 Å². The summed E-state index contributed by atoms with van der Waals surface area (Å²) in [4.78, 5) is 24.1. The Morgan fingerprint density at radius 2 is 1.95 bits per heavy atom. The highest BCUT2D eigenvalue weighted by molar-refractivity contribution is 9.11. The second-order valence-corrected chi connectivity index (χ2v) is 6.62. The molecule has 0 spiro atoms. The Balaban J connectivity index is 2.28. The maximum atomic E-state index is 13.3. The van der Waals surface area contributed by atoms with E-state index in [1.165, 1.54) is 24.5 Å². The first-order valence-corrected chi connectivity index (χ1v) is 7.81. The first-order chi connectivity index (χ1) is 10.4. The van der Waals surface area contributed by atoms with Gasteiger partial charge in [-0.1, -0.05) is 6.07 Å². The van der Waals surface area contributed by atoms with E-state index in [2.05, 4.69) is 26.6 Å². The van der Waals surface area contributed by atoms with Crippen molar-refractivity contribution in [2.75, 3.05) is 7.05 Å². The van der Waals surface area contributed by atoms with Gasteiger partial charge in [0.1, 0.15) is 6.04 Å². The van der Waals surface area contributed by atoms with Gasteiger partial charge in [0.25, 0.3) is 5.91 Å². The molecule has 1 atom stereocenters. The standard InChI is InChI=1S/C14H11BrF2N2O2S/c1-18-14(21)12(7-2-3-9(16)10(17)4-7)19-13(20)8-5-11(15)22-6-8/h2-6,12H,1H3,(H,18,21)(H,19,20). The van der Waals surface area contributed by atoms with E-state index in [0.29, 0.717) is 5.56 Å². The highest BCUT2D eigenvalue weighted by Crippen LogP contribution is 2.22. The summed E-state index contributed by atoms with van der Waals surface area (Å²) in [5.74, 6) is -3.12. The smallest absolute Gasteiger partial charge is 0.253 e. The van der Waals surface area contributed by atoms with Gasteiger partial charge in [0.05, 0.1) is 9.35 Å². The molecule has 4 nitrogen and oxygen atoms in total. The molecule has 2 rings (SSSR count). The first-order valence-electron chi connectivity index (χ1n) is 6.14. The molecule has 22 heavy (non-hydrogen) atoms. The number of likely N-dealkylation sites (N-methyl/N-ethyl adjacent to an activating group) is 1. The number of nitrogens with one attached hydrogen (secondary N) is 2. The minimum atomic E-state index is -1.12. The Kier molecular flexibility index (Phi) is 5.25. The van der Waals surface area contributed by atoms with Crippen LogP contribution >= 0.6 is 27.3 Å². The van der Waals surface area contributed by atoms with Gasteiger partial charge in [-0.05, 0) is 39.7 Å². The van der Waals surface area contributed by atoms with Crippen molar-refractivity contribution in [1.29, 1.82) is 0 Å². The Morgan fingerprint density at radius 1 is 1.23 bits per heavy atom. The molecule has 1 aromatic heterocycles. The van der Waals surface area contributed by atoms with Crippen LogP contribution in [0.4, 0.5) is 8.78 Å². The Labute approximate surface area is 137 Å². The summed E-state index contributed by atoms with van der Waals surface area (Å²) < 4.78 is 27.1. The van der Waals surface area contributed by atoms with E-state index in [1.54, 1.807) is 11.4 Å². The van der Waals surface area contributed by atoms with Crippen molar-refractivity contribution in [1.82, 2.24) is 10.6 Å². The topological polar surface area (TPSA) is 58.2 Å². The number of amides is 2. The van der Waals surface area contributed by atoms with Gasteiger partial charge in [0.15, 0.2) is 11.6 Å². The molecule has 1 aromatic carbocycles. The summed E-state index contributed by atoms with van der Waals surface area (Å²) in [5, 5.41) is 6.51. The molecule has 0 fully saturated rings. The van der Waals surface area contributed by atoms with Gasteiger partial charge in [0, 0.05) is 12.4 Å². The number of carbonyl (C=O) groups excluding carboxylic acids is 2. The normalized spacial score (nSPS) is 11.8. The average Bonchev–Trinajstić information content (AvgIpc) is 2.93. The molecule has 0 radical (unpaired) electrons. The number of hydrogen-bond acceptors (Lipinski definition) is 3. The van der Waals surface area contributed by atoms with E-state index in [-0.39, 0.29) is 5.56 Å². The van der Waals surface area contributed by atoms with Crippen LogP contribution in [-0.4, -0.2) is 18.9 Å². The molecule has 8 heteroatoms. The third-order valence-corrected chi connectivity index (χ3v) is 4.40. The molecular formula is C14H11BrF2N2O2S. The van der Waals surface area contributed by atoms with Crippen LogP contribution in [-0.2, 0) is 4.79 Å². The summed E-state index contributed by atoms with van der Waals surface area (Å²) in [5.41, 5.74) is 0.522. The second-order valence-electron chi connectivity index (χ2n) is 4.33. The number of benzene rings is 1. The van der Waals surface area contributed by atoms with Gasteiger partial charge in [-0.15, -0.1) is 11.3 Å². The van der Waals surface area contributed by atoms with Crippen LogP contribution in [0, 0.1) is 11.6 Å². The molecular weight excluding hydrogens is 378 g/mol. The van der Waals surface area contributed by atoms with E-state index < -0.39 is 29.5 Å². The number of thiophene rings is 1. The highest BCUT2D eigenvalue weighted by atomic mass is 79.9. The van der Waals surface area contributed by atoms with Crippen molar-refractivity contribution in [3.05, 3.63) is 56.2 Å². The molecule has 2 N–H and O–H groups in total. The number of hydrogen-bond donors (Lipinski definition) is 2. The molecule has 0 saturated carbocycles. The van der Waals surface area contributed by atoms with Crippen LogP contribution in [0.25, 0.3) is 0 Å². The molecule has 1 heterocycles. The minimum absolute atomic E-state index is 0.154. The summed E-state index contributed by atoms with van der Waals surface area (Å²) in [6.07, 6.45) is 0. The molecule has 0 aliphatic carbocycles. The van der Waals surface area contributed by atoms with Crippen molar-refractivity contribution in [2.45, 2.75) is 6.04 Å². The van der Waals surface area contributed by atoms with E-state index in [9.17, 15) is 18.4 Å². The zero-order valence-corrected chi connectivity index (χ0v) is 13.7. The zero-order valence-electron chi connectivity index (χ0n) is 11.3. The lowest BCUT2D eigenvalue weighted by atomic mass is 10.1. The lowest BCUT2D eigenvalue weighted by Gasteiger charge is -2.17.